The number of rotatable bonds is 2. The molecule has 2 rings (SSSR count). The van der Waals surface area contributed by atoms with Gasteiger partial charge in [0.25, 0.3) is 0 Å². The Morgan fingerprint density at radius 3 is 2.67 bits per heavy atom. The summed E-state index contributed by atoms with van der Waals surface area (Å²) < 4.78 is 0. The fraction of sp³-hybridized carbons (Fsp3) is 0.636. The van der Waals surface area contributed by atoms with Crippen molar-refractivity contribution in [2.75, 3.05) is 13.1 Å². The molecule has 1 N–H and O–H groups in total. The first-order valence-corrected chi connectivity index (χ1v) is 5.39. The molecular weight excluding hydrogens is 194 g/mol. The second-order valence-corrected chi connectivity index (χ2v) is 4.21. The molecule has 0 aromatic heterocycles. The van der Waals surface area contributed by atoms with Crippen LogP contribution in [-0.4, -0.2) is 35.0 Å². The molecule has 0 bridgehead atoms. The van der Waals surface area contributed by atoms with Crippen LogP contribution in [0.3, 0.4) is 0 Å². The first kappa shape index (κ1) is 10.2. The van der Waals surface area contributed by atoms with Gasteiger partial charge < -0.3 is 10.0 Å². The summed E-state index contributed by atoms with van der Waals surface area (Å²) in [4.78, 5) is 24.3. The van der Waals surface area contributed by atoms with Crippen molar-refractivity contribution in [2.24, 2.45) is 5.92 Å². The van der Waals surface area contributed by atoms with Crippen molar-refractivity contribution in [3.05, 3.63) is 11.6 Å². The van der Waals surface area contributed by atoms with Crippen LogP contribution in [0.15, 0.2) is 11.6 Å². The summed E-state index contributed by atoms with van der Waals surface area (Å²) in [6.45, 7) is 0.955. The molecule has 1 saturated carbocycles. The zero-order chi connectivity index (χ0) is 10.8. The van der Waals surface area contributed by atoms with Crippen molar-refractivity contribution >= 4 is 11.9 Å². The predicted molar refractivity (Wildman–Crippen MR) is 54.3 cm³/mol. The number of carbonyl (C=O) groups is 2. The Hall–Kier alpha value is -1.32. The van der Waals surface area contributed by atoms with Crippen LogP contribution < -0.4 is 0 Å². The molecule has 4 nitrogen and oxygen atoms in total. The Balaban J connectivity index is 1.97. The standard InChI is InChI=1S/C11H15NO3/c13-10(8-3-1-4-8)12-6-2-5-9(7-12)11(14)15/h5,8H,1-4,6-7H2,(H,14,15). The molecular formula is C11H15NO3. The highest BCUT2D eigenvalue weighted by atomic mass is 16.4. The first-order chi connectivity index (χ1) is 7.18. The summed E-state index contributed by atoms with van der Waals surface area (Å²) in [7, 11) is 0. The van der Waals surface area contributed by atoms with E-state index in [9.17, 15) is 9.59 Å². The van der Waals surface area contributed by atoms with Crippen LogP contribution in [0, 0.1) is 5.92 Å². The molecule has 0 saturated heterocycles. The van der Waals surface area contributed by atoms with E-state index in [1.165, 1.54) is 0 Å². The van der Waals surface area contributed by atoms with Gasteiger partial charge in [-0.2, -0.15) is 0 Å². The lowest BCUT2D eigenvalue weighted by Gasteiger charge is -2.33. The quantitative estimate of drug-likeness (QED) is 0.739. The van der Waals surface area contributed by atoms with Gasteiger partial charge in [0.15, 0.2) is 0 Å². The maximum atomic E-state index is 11.9. The lowest BCUT2D eigenvalue weighted by molar-refractivity contribution is -0.138. The molecule has 0 spiro atoms. The van der Waals surface area contributed by atoms with E-state index in [4.69, 9.17) is 5.11 Å². The molecule has 0 aromatic rings. The van der Waals surface area contributed by atoms with E-state index in [1.54, 1.807) is 11.0 Å². The van der Waals surface area contributed by atoms with Gasteiger partial charge >= 0.3 is 5.97 Å². The van der Waals surface area contributed by atoms with Gasteiger partial charge in [0.05, 0.1) is 12.1 Å². The zero-order valence-electron chi connectivity index (χ0n) is 8.61. The Morgan fingerprint density at radius 1 is 1.40 bits per heavy atom. The fourth-order valence-corrected chi connectivity index (χ4v) is 2.00. The van der Waals surface area contributed by atoms with Crippen LogP contribution in [0.2, 0.25) is 0 Å². The number of carboxylic acid groups (broad SMARTS) is 1. The van der Waals surface area contributed by atoms with Gasteiger partial charge in [-0.05, 0) is 19.3 Å². The number of amides is 1. The molecule has 1 aliphatic heterocycles. The molecule has 1 fully saturated rings. The Bertz CT molecular complexity index is 318. The molecule has 2 aliphatic rings. The molecule has 0 aromatic carbocycles. The smallest absolute Gasteiger partial charge is 0.333 e. The van der Waals surface area contributed by atoms with Gasteiger partial charge in [-0.1, -0.05) is 12.5 Å². The molecule has 1 heterocycles. The van der Waals surface area contributed by atoms with E-state index in [0.29, 0.717) is 18.5 Å². The second kappa shape index (κ2) is 4.04. The maximum absolute atomic E-state index is 11.9. The van der Waals surface area contributed by atoms with Gasteiger partial charge in [-0.25, -0.2) is 4.79 Å². The monoisotopic (exact) mass is 209 g/mol. The fourth-order valence-electron chi connectivity index (χ4n) is 2.00. The zero-order valence-corrected chi connectivity index (χ0v) is 8.61. The van der Waals surface area contributed by atoms with Crippen LogP contribution in [0.25, 0.3) is 0 Å². The van der Waals surface area contributed by atoms with E-state index in [0.717, 1.165) is 19.3 Å². The Labute approximate surface area is 88.6 Å². The Morgan fingerprint density at radius 2 is 2.13 bits per heavy atom. The molecule has 82 valence electrons. The average molecular weight is 209 g/mol. The van der Waals surface area contributed by atoms with Crippen LogP contribution in [-0.2, 0) is 9.59 Å². The number of hydrogen-bond donors (Lipinski definition) is 1. The van der Waals surface area contributed by atoms with Crippen LogP contribution >= 0.6 is 0 Å². The topological polar surface area (TPSA) is 57.6 Å². The van der Waals surface area contributed by atoms with Crippen molar-refractivity contribution in [3.8, 4) is 0 Å². The highest BCUT2D eigenvalue weighted by Crippen LogP contribution is 2.29. The van der Waals surface area contributed by atoms with Crippen LogP contribution in [0.1, 0.15) is 25.7 Å². The summed E-state index contributed by atoms with van der Waals surface area (Å²) in [5.41, 5.74) is 0.355. The van der Waals surface area contributed by atoms with Crippen LogP contribution in [0.5, 0.6) is 0 Å². The SMILES string of the molecule is O=C(O)C1=CCCN(C(=O)C2CCC2)C1. The van der Waals surface area contributed by atoms with Crippen molar-refractivity contribution < 1.29 is 14.7 Å². The van der Waals surface area contributed by atoms with Gasteiger partial charge in [0, 0.05) is 12.5 Å². The molecule has 1 amide bonds. The molecule has 1 aliphatic carbocycles. The number of carboxylic acids is 1. The summed E-state index contributed by atoms with van der Waals surface area (Å²) in [6, 6.07) is 0. The average Bonchev–Trinajstić information content (AvgIpc) is 2.15. The predicted octanol–water partition coefficient (Wildman–Crippen LogP) is 1.03. The van der Waals surface area contributed by atoms with Crippen molar-refractivity contribution in [2.45, 2.75) is 25.7 Å². The van der Waals surface area contributed by atoms with Crippen molar-refractivity contribution in [3.63, 3.8) is 0 Å². The molecule has 15 heavy (non-hydrogen) atoms. The molecule has 0 unspecified atom stereocenters. The number of hydrogen-bond acceptors (Lipinski definition) is 2. The second-order valence-electron chi connectivity index (χ2n) is 4.21. The normalized spacial score (nSPS) is 21.9. The van der Waals surface area contributed by atoms with E-state index in [-0.39, 0.29) is 18.4 Å². The van der Waals surface area contributed by atoms with Gasteiger partial charge in [-0.3, -0.25) is 4.79 Å². The first-order valence-electron chi connectivity index (χ1n) is 5.39. The van der Waals surface area contributed by atoms with Gasteiger partial charge in [0.2, 0.25) is 5.91 Å². The third-order valence-corrected chi connectivity index (χ3v) is 3.19. The third-order valence-electron chi connectivity index (χ3n) is 3.19. The summed E-state index contributed by atoms with van der Waals surface area (Å²) in [6.07, 6.45) is 5.46. The van der Waals surface area contributed by atoms with Gasteiger partial charge in [-0.15, -0.1) is 0 Å². The lowest BCUT2D eigenvalue weighted by atomic mass is 9.84. The number of carbonyl (C=O) groups excluding carboxylic acids is 1. The van der Waals surface area contributed by atoms with Crippen molar-refractivity contribution in [1.82, 2.24) is 4.90 Å². The maximum Gasteiger partial charge on any atom is 0.333 e. The number of nitrogens with zero attached hydrogens (tertiary/aromatic N) is 1. The van der Waals surface area contributed by atoms with E-state index >= 15 is 0 Å². The summed E-state index contributed by atoms with van der Waals surface area (Å²) >= 11 is 0. The van der Waals surface area contributed by atoms with E-state index in [2.05, 4.69) is 0 Å². The largest absolute Gasteiger partial charge is 0.478 e. The third kappa shape index (κ3) is 2.03. The minimum absolute atomic E-state index is 0.146. The minimum Gasteiger partial charge on any atom is -0.478 e. The molecule has 4 heteroatoms. The molecule has 0 atom stereocenters. The summed E-state index contributed by atoms with van der Waals surface area (Å²) in [5, 5.41) is 8.84. The van der Waals surface area contributed by atoms with E-state index < -0.39 is 5.97 Å². The number of aliphatic carboxylic acids is 1. The van der Waals surface area contributed by atoms with Crippen LogP contribution in [0.4, 0.5) is 0 Å². The highest BCUT2D eigenvalue weighted by molar-refractivity contribution is 5.89. The summed E-state index contributed by atoms with van der Waals surface area (Å²) in [5.74, 6) is -0.590. The van der Waals surface area contributed by atoms with E-state index in [1.807, 2.05) is 0 Å². The van der Waals surface area contributed by atoms with Crippen molar-refractivity contribution in [1.29, 1.82) is 0 Å². The molecule has 0 radical (unpaired) electrons. The minimum atomic E-state index is -0.902. The highest BCUT2D eigenvalue weighted by Gasteiger charge is 2.31. The lowest BCUT2D eigenvalue weighted by Crippen LogP contribution is -2.42. The van der Waals surface area contributed by atoms with Gasteiger partial charge in [0.1, 0.15) is 0 Å². The Kier molecular flexibility index (Phi) is 2.75.